The largest absolute Gasteiger partial charge is 0.493 e. The Bertz CT molecular complexity index is 990. The first-order chi connectivity index (χ1) is 14.6. The van der Waals surface area contributed by atoms with Crippen LogP contribution in [0.15, 0.2) is 54.6 Å². The normalized spacial score (nSPS) is 26.7. The molecule has 2 heterocycles. The summed E-state index contributed by atoms with van der Waals surface area (Å²) >= 11 is 0. The van der Waals surface area contributed by atoms with E-state index < -0.39 is 6.09 Å². The van der Waals surface area contributed by atoms with Crippen molar-refractivity contribution in [2.75, 3.05) is 26.0 Å². The Labute approximate surface area is 176 Å². The van der Waals surface area contributed by atoms with Crippen LogP contribution in [0.1, 0.15) is 24.0 Å². The van der Waals surface area contributed by atoms with Gasteiger partial charge in [0.2, 0.25) is 0 Å². The van der Waals surface area contributed by atoms with Gasteiger partial charge in [-0.15, -0.1) is 0 Å². The van der Waals surface area contributed by atoms with Gasteiger partial charge in [-0.25, -0.2) is 4.79 Å². The van der Waals surface area contributed by atoms with Crippen LogP contribution in [0.5, 0.6) is 11.5 Å². The summed E-state index contributed by atoms with van der Waals surface area (Å²) in [4.78, 5) is 14.7. The molecule has 6 heteroatoms. The van der Waals surface area contributed by atoms with Crippen LogP contribution in [-0.4, -0.2) is 43.9 Å². The summed E-state index contributed by atoms with van der Waals surface area (Å²) in [7, 11) is 3.82. The number of anilines is 1. The molecule has 2 aromatic carbocycles. The number of carbonyl (C=O) groups excluding carboxylic acids is 1. The minimum absolute atomic E-state index is 0.0893. The van der Waals surface area contributed by atoms with Gasteiger partial charge in [0.05, 0.1) is 12.5 Å². The summed E-state index contributed by atoms with van der Waals surface area (Å²) in [5, 5.41) is 2.78. The van der Waals surface area contributed by atoms with Crippen LogP contribution in [0.25, 0.3) is 0 Å². The molecule has 30 heavy (non-hydrogen) atoms. The third-order valence-corrected chi connectivity index (χ3v) is 6.41. The Balaban J connectivity index is 1.41. The van der Waals surface area contributed by atoms with E-state index in [1.54, 1.807) is 7.11 Å². The molecule has 0 saturated carbocycles. The number of methoxy groups -OCH3 is 1. The van der Waals surface area contributed by atoms with E-state index in [9.17, 15) is 4.79 Å². The molecule has 3 atom stereocenters. The smallest absolute Gasteiger partial charge is 0.412 e. The highest BCUT2D eigenvalue weighted by atomic mass is 16.6. The molecular formula is C24H26N2O4. The molecule has 5 rings (SSSR count). The van der Waals surface area contributed by atoms with Gasteiger partial charge in [0.25, 0.3) is 0 Å². The monoisotopic (exact) mass is 406 g/mol. The lowest BCUT2D eigenvalue weighted by Gasteiger charge is -2.36. The number of nitrogens with zero attached hydrogens (tertiary/aromatic N) is 1. The average molecular weight is 406 g/mol. The second-order valence-corrected chi connectivity index (χ2v) is 8.30. The zero-order chi connectivity index (χ0) is 20.7. The molecule has 0 saturated heterocycles. The topological polar surface area (TPSA) is 60.0 Å². The van der Waals surface area contributed by atoms with Crippen molar-refractivity contribution in [2.24, 2.45) is 0 Å². The standard InChI is InChI=1S/C24H26N2O4/c1-26-13-12-24-11-10-18(29-23(27)25-17-6-4-3-5-7-17)14-20(24)30-22-19(28-2)9-8-16(15-26)21(22)24/h3-11,18,20H,12-15H2,1-2H3,(H,25,27)/t18-,20+,24+/m1/s1. The Morgan fingerprint density at radius 2 is 2.07 bits per heavy atom. The number of hydrogen-bond acceptors (Lipinski definition) is 5. The highest BCUT2D eigenvalue weighted by Crippen LogP contribution is 2.55. The van der Waals surface area contributed by atoms with Gasteiger partial charge in [0.15, 0.2) is 11.5 Å². The van der Waals surface area contributed by atoms with Crippen LogP contribution in [0.3, 0.4) is 0 Å². The number of benzene rings is 2. The maximum atomic E-state index is 12.4. The maximum absolute atomic E-state index is 12.4. The minimum atomic E-state index is -0.457. The number of rotatable bonds is 3. The molecule has 0 unspecified atom stereocenters. The third kappa shape index (κ3) is 3.12. The number of para-hydroxylation sites is 1. The summed E-state index contributed by atoms with van der Waals surface area (Å²) < 4.78 is 17.8. The van der Waals surface area contributed by atoms with Crippen molar-refractivity contribution in [3.05, 3.63) is 65.7 Å². The van der Waals surface area contributed by atoms with E-state index in [1.165, 1.54) is 11.1 Å². The van der Waals surface area contributed by atoms with Gasteiger partial charge in [-0.2, -0.15) is 0 Å². The fourth-order valence-corrected chi connectivity index (χ4v) is 4.96. The van der Waals surface area contributed by atoms with Crippen LogP contribution < -0.4 is 14.8 Å². The van der Waals surface area contributed by atoms with Crippen LogP contribution in [-0.2, 0) is 16.7 Å². The zero-order valence-electron chi connectivity index (χ0n) is 17.3. The van der Waals surface area contributed by atoms with Crippen molar-refractivity contribution < 1.29 is 19.0 Å². The van der Waals surface area contributed by atoms with Gasteiger partial charge < -0.3 is 19.1 Å². The Morgan fingerprint density at radius 3 is 2.87 bits per heavy atom. The van der Waals surface area contributed by atoms with E-state index in [1.807, 2.05) is 42.5 Å². The lowest BCUT2D eigenvalue weighted by molar-refractivity contribution is 0.0667. The quantitative estimate of drug-likeness (QED) is 0.778. The molecule has 6 nitrogen and oxygen atoms in total. The highest BCUT2D eigenvalue weighted by molar-refractivity contribution is 5.84. The van der Waals surface area contributed by atoms with Crippen LogP contribution >= 0.6 is 0 Å². The predicted octanol–water partition coefficient (Wildman–Crippen LogP) is 4.11. The fourth-order valence-electron chi connectivity index (χ4n) is 4.96. The summed E-state index contributed by atoms with van der Waals surface area (Å²) in [5.41, 5.74) is 3.02. The molecule has 1 amide bonds. The summed E-state index contributed by atoms with van der Waals surface area (Å²) in [6.07, 6.45) is 4.91. The number of ether oxygens (including phenoxy) is 3. The Hall–Kier alpha value is -2.99. The Kier molecular flexibility index (Phi) is 4.66. The van der Waals surface area contributed by atoms with Gasteiger partial charge >= 0.3 is 6.09 Å². The van der Waals surface area contributed by atoms with E-state index in [0.29, 0.717) is 12.1 Å². The number of nitrogens with one attached hydrogen (secondary N) is 1. The zero-order valence-corrected chi connectivity index (χ0v) is 17.3. The lowest BCUT2D eigenvalue weighted by atomic mass is 9.69. The molecule has 3 aliphatic rings. The molecule has 156 valence electrons. The van der Waals surface area contributed by atoms with Gasteiger partial charge in [0.1, 0.15) is 12.2 Å². The number of carbonyl (C=O) groups is 1. The first-order valence-electron chi connectivity index (χ1n) is 10.4. The minimum Gasteiger partial charge on any atom is -0.493 e. The van der Waals surface area contributed by atoms with Gasteiger partial charge in [-0.05, 0) is 49.9 Å². The molecule has 1 spiro atoms. The van der Waals surface area contributed by atoms with E-state index in [-0.39, 0.29) is 17.6 Å². The lowest BCUT2D eigenvalue weighted by Crippen LogP contribution is -2.44. The first-order valence-corrected chi connectivity index (χ1v) is 10.4. The van der Waals surface area contributed by atoms with Crippen molar-refractivity contribution in [1.29, 1.82) is 0 Å². The molecule has 0 fully saturated rings. The maximum Gasteiger partial charge on any atom is 0.412 e. The van der Waals surface area contributed by atoms with E-state index >= 15 is 0 Å². The van der Waals surface area contributed by atoms with Crippen LogP contribution in [0.2, 0.25) is 0 Å². The highest BCUT2D eigenvalue weighted by Gasteiger charge is 2.53. The van der Waals surface area contributed by atoms with Crippen LogP contribution in [0, 0.1) is 0 Å². The molecule has 2 aliphatic heterocycles. The Morgan fingerprint density at radius 1 is 1.23 bits per heavy atom. The summed E-state index contributed by atoms with van der Waals surface area (Å²) in [6, 6.07) is 13.5. The van der Waals surface area contributed by atoms with Crippen molar-refractivity contribution in [1.82, 2.24) is 4.90 Å². The number of amides is 1. The SMILES string of the molecule is COc1ccc2c3c1O[C@H]1C[C@H](OC(=O)Nc4ccccc4)C=C[C@@]31CCN(C)C2. The first kappa shape index (κ1) is 19.0. The van der Waals surface area contributed by atoms with Gasteiger partial charge in [-0.1, -0.05) is 30.3 Å². The van der Waals surface area contributed by atoms with E-state index in [4.69, 9.17) is 14.2 Å². The molecule has 2 aromatic rings. The van der Waals surface area contributed by atoms with Gasteiger partial charge in [-0.3, -0.25) is 5.32 Å². The molecule has 0 radical (unpaired) electrons. The van der Waals surface area contributed by atoms with Crippen molar-refractivity contribution in [3.63, 3.8) is 0 Å². The van der Waals surface area contributed by atoms with E-state index in [0.717, 1.165) is 31.0 Å². The predicted molar refractivity (Wildman–Crippen MR) is 114 cm³/mol. The third-order valence-electron chi connectivity index (χ3n) is 6.41. The summed E-state index contributed by atoms with van der Waals surface area (Å²) in [6.45, 7) is 1.86. The van der Waals surface area contributed by atoms with Crippen LogP contribution in [0.4, 0.5) is 10.5 Å². The molecule has 1 aliphatic carbocycles. The molecule has 1 N–H and O–H groups in total. The number of hydrogen-bond donors (Lipinski definition) is 1. The molecular weight excluding hydrogens is 380 g/mol. The summed E-state index contributed by atoms with van der Waals surface area (Å²) in [5.74, 6) is 1.61. The van der Waals surface area contributed by atoms with Crippen molar-refractivity contribution in [3.8, 4) is 11.5 Å². The average Bonchev–Trinajstić information content (AvgIpc) is 3.00. The fraction of sp³-hybridized carbons (Fsp3) is 0.375. The molecule has 0 aromatic heterocycles. The van der Waals surface area contributed by atoms with Gasteiger partial charge in [0, 0.05) is 24.2 Å². The molecule has 0 bridgehead atoms. The van der Waals surface area contributed by atoms with Crippen molar-refractivity contribution in [2.45, 2.75) is 37.0 Å². The second kappa shape index (κ2) is 7.36. The van der Waals surface area contributed by atoms with E-state index in [2.05, 4.69) is 29.4 Å². The second-order valence-electron chi connectivity index (χ2n) is 8.30. The van der Waals surface area contributed by atoms with Crippen molar-refractivity contribution >= 4 is 11.8 Å².